The van der Waals surface area contributed by atoms with Gasteiger partial charge in [0.15, 0.2) is 5.60 Å². The molecule has 1 aromatic heterocycles. The second-order valence-electron chi connectivity index (χ2n) is 13.9. The molecule has 3 heterocycles. The van der Waals surface area contributed by atoms with Crippen LogP contribution in [0.4, 0.5) is 23.1 Å². The van der Waals surface area contributed by atoms with Crippen LogP contribution in [0.3, 0.4) is 0 Å². The van der Waals surface area contributed by atoms with Crippen LogP contribution in [-0.4, -0.2) is 65.2 Å². The van der Waals surface area contributed by atoms with Gasteiger partial charge in [-0.3, -0.25) is 9.69 Å². The molecule has 0 atom stereocenters. The molecule has 40 heavy (non-hydrogen) atoms. The highest BCUT2D eigenvalue weighted by Gasteiger charge is 2.43. The number of carbonyl (C=O) groups is 1. The van der Waals surface area contributed by atoms with Crippen molar-refractivity contribution >= 4 is 37.1 Å². The summed E-state index contributed by atoms with van der Waals surface area (Å²) in [5.74, 6) is 5.22. The van der Waals surface area contributed by atoms with Crippen molar-refractivity contribution in [3.63, 3.8) is 0 Å². The Hall–Kier alpha value is -3.09. The summed E-state index contributed by atoms with van der Waals surface area (Å²) in [4.78, 5) is 26.6. The third-order valence-corrected chi connectivity index (χ3v) is 8.83. The fraction of sp³-hybridized carbons (Fsp3) is 0.581. The van der Waals surface area contributed by atoms with E-state index in [4.69, 9.17) is 9.72 Å². The predicted molar refractivity (Wildman–Crippen MR) is 167 cm³/mol. The van der Waals surface area contributed by atoms with Crippen LogP contribution in [0.25, 0.3) is 0 Å². The number of ether oxygens (including phenoxy) is 1. The molecule has 216 valence electrons. The van der Waals surface area contributed by atoms with Crippen LogP contribution in [0.5, 0.6) is 5.75 Å². The van der Waals surface area contributed by atoms with Crippen molar-refractivity contribution < 1.29 is 9.53 Å². The van der Waals surface area contributed by atoms with E-state index in [-0.39, 0.29) is 23.0 Å². The van der Waals surface area contributed by atoms with Crippen LogP contribution in [0, 0.1) is 11.5 Å². The highest BCUT2D eigenvalue weighted by molar-refractivity contribution is 6.83. The second kappa shape index (κ2) is 10.4. The smallest absolute Gasteiger partial charge is 0.270 e. The van der Waals surface area contributed by atoms with Gasteiger partial charge in [-0.2, -0.15) is 4.98 Å². The highest BCUT2D eigenvalue weighted by Crippen LogP contribution is 2.40. The largest absolute Gasteiger partial charge is 0.476 e. The number of benzene rings is 1. The van der Waals surface area contributed by atoms with Crippen molar-refractivity contribution in [1.29, 1.82) is 0 Å². The number of nitrogens with zero attached hydrogens (tertiary/aromatic N) is 4. The zero-order valence-electron chi connectivity index (χ0n) is 26.1. The van der Waals surface area contributed by atoms with Crippen molar-refractivity contribution in [3.05, 3.63) is 30.0 Å². The summed E-state index contributed by atoms with van der Waals surface area (Å²) < 4.78 is 6.09. The van der Waals surface area contributed by atoms with E-state index in [0.717, 1.165) is 35.6 Å². The minimum absolute atomic E-state index is 0.0439. The molecule has 4 rings (SSSR count). The van der Waals surface area contributed by atoms with Gasteiger partial charge in [0.2, 0.25) is 5.95 Å². The maximum atomic E-state index is 12.8. The van der Waals surface area contributed by atoms with E-state index in [1.165, 1.54) is 0 Å². The third-order valence-electron chi connectivity index (χ3n) is 7.96. The molecular formula is C31H46N6O2Si. The van der Waals surface area contributed by atoms with Crippen LogP contribution >= 0.6 is 0 Å². The maximum Gasteiger partial charge on any atom is 0.270 e. The summed E-state index contributed by atoms with van der Waals surface area (Å²) in [5.41, 5.74) is 5.00. The number of nitrogens with one attached hydrogen (secondary N) is 2. The SMILES string of the molecule is CCN1C(=O)C(C)(C)Oc2cc(Nc3ncc(C#C[Si](C)(C)C)c(NC4CC(C)(C)N(C)C(C)(C)C4)n3)ccc21. The number of aromatic nitrogens is 2. The van der Waals surface area contributed by atoms with Crippen LogP contribution in [0.1, 0.15) is 66.9 Å². The topological polar surface area (TPSA) is 82.6 Å². The number of hydrogen-bond acceptors (Lipinski definition) is 7. The number of anilines is 4. The number of likely N-dealkylation sites (N-methyl/N-ethyl adjacent to an activating group) is 1. The van der Waals surface area contributed by atoms with Gasteiger partial charge < -0.3 is 20.3 Å². The van der Waals surface area contributed by atoms with Gasteiger partial charge >= 0.3 is 0 Å². The molecule has 0 radical (unpaired) electrons. The van der Waals surface area contributed by atoms with E-state index in [2.05, 4.69) is 86.4 Å². The average molecular weight is 563 g/mol. The quantitative estimate of drug-likeness (QED) is 0.340. The number of carbonyl (C=O) groups excluding carboxylic acids is 1. The van der Waals surface area contributed by atoms with Gasteiger partial charge in [0.25, 0.3) is 5.91 Å². The van der Waals surface area contributed by atoms with Gasteiger partial charge in [-0.1, -0.05) is 25.6 Å². The minimum atomic E-state index is -1.59. The molecular weight excluding hydrogens is 516 g/mol. The second-order valence-corrected chi connectivity index (χ2v) is 18.6. The summed E-state index contributed by atoms with van der Waals surface area (Å²) >= 11 is 0. The van der Waals surface area contributed by atoms with Crippen molar-refractivity contribution in [3.8, 4) is 17.2 Å². The Bertz CT molecular complexity index is 1330. The number of amides is 1. The van der Waals surface area contributed by atoms with Crippen LogP contribution in [0.15, 0.2) is 24.4 Å². The highest BCUT2D eigenvalue weighted by atomic mass is 28.3. The molecule has 2 aliphatic heterocycles. The van der Waals surface area contributed by atoms with E-state index >= 15 is 0 Å². The first-order valence-corrected chi connectivity index (χ1v) is 17.7. The van der Waals surface area contributed by atoms with Gasteiger partial charge in [-0.25, -0.2) is 4.98 Å². The maximum absolute atomic E-state index is 12.8. The van der Waals surface area contributed by atoms with E-state index in [1.807, 2.05) is 31.3 Å². The molecule has 0 saturated carbocycles. The zero-order valence-corrected chi connectivity index (χ0v) is 27.1. The van der Waals surface area contributed by atoms with Gasteiger partial charge in [0, 0.05) is 35.4 Å². The fourth-order valence-electron chi connectivity index (χ4n) is 5.66. The fourth-order valence-corrected chi connectivity index (χ4v) is 6.17. The van der Waals surface area contributed by atoms with Gasteiger partial charge in [-0.15, -0.1) is 5.54 Å². The lowest BCUT2D eigenvalue weighted by Crippen LogP contribution is -2.61. The monoisotopic (exact) mass is 562 g/mol. The van der Waals surface area contributed by atoms with Gasteiger partial charge in [0.1, 0.15) is 19.6 Å². The molecule has 0 unspecified atom stereocenters. The van der Waals surface area contributed by atoms with Crippen LogP contribution in [-0.2, 0) is 4.79 Å². The van der Waals surface area contributed by atoms with E-state index < -0.39 is 13.7 Å². The Kier molecular flexibility index (Phi) is 7.76. The molecule has 1 fully saturated rings. The summed E-state index contributed by atoms with van der Waals surface area (Å²) in [6.07, 6.45) is 3.79. The predicted octanol–water partition coefficient (Wildman–Crippen LogP) is 6.04. The van der Waals surface area contributed by atoms with Gasteiger partial charge in [-0.05, 0) is 80.5 Å². The normalized spacial score (nSPS) is 20.2. The number of piperidine rings is 1. The number of hydrogen-bond donors (Lipinski definition) is 2. The average Bonchev–Trinajstić information content (AvgIpc) is 2.82. The first kappa shape index (κ1) is 29.9. The molecule has 0 spiro atoms. The van der Waals surface area contributed by atoms with Crippen molar-refractivity contribution in [2.45, 2.75) is 104 Å². The number of rotatable bonds is 5. The third kappa shape index (κ3) is 6.29. The van der Waals surface area contributed by atoms with E-state index in [9.17, 15) is 4.79 Å². The summed E-state index contributed by atoms with van der Waals surface area (Å²) in [6, 6.07) is 5.98. The first-order chi connectivity index (χ1) is 18.4. The Labute approximate surface area is 241 Å². The Morgan fingerprint density at radius 1 is 1.10 bits per heavy atom. The van der Waals surface area contributed by atoms with E-state index in [1.54, 1.807) is 18.7 Å². The molecule has 0 bridgehead atoms. The lowest BCUT2D eigenvalue weighted by atomic mass is 9.77. The van der Waals surface area contributed by atoms with Crippen molar-refractivity contribution in [1.82, 2.24) is 14.9 Å². The first-order valence-electron chi connectivity index (χ1n) is 14.2. The van der Waals surface area contributed by atoms with Crippen LogP contribution < -0.4 is 20.3 Å². The molecule has 2 N–H and O–H groups in total. The molecule has 1 saturated heterocycles. The van der Waals surface area contributed by atoms with Crippen molar-refractivity contribution in [2.75, 3.05) is 29.1 Å². The van der Waals surface area contributed by atoms with Crippen LogP contribution in [0.2, 0.25) is 19.6 Å². The molecule has 9 heteroatoms. The lowest BCUT2D eigenvalue weighted by molar-refractivity contribution is -0.132. The lowest BCUT2D eigenvalue weighted by Gasteiger charge is -2.53. The molecule has 1 amide bonds. The summed E-state index contributed by atoms with van der Waals surface area (Å²) in [7, 11) is 0.622. The van der Waals surface area contributed by atoms with Crippen molar-refractivity contribution in [2.24, 2.45) is 0 Å². The Balaban J connectivity index is 1.66. The summed E-state index contributed by atoms with van der Waals surface area (Å²) in [5, 5.41) is 7.10. The molecule has 2 aromatic rings. The Morgan fingerprint density at radius 3 is 2.35 bits per heavy atom. The number of likely N-dealkylation sites (tertiary alicyclic amines) is 1. The minimum Gasteiger partial charge on any atom is -0.476 e. The molecule has 0 aliphatic carbocycles. The standard InChI is InChI=1S/C31H46N6O2Si/c1-12-37-24-14-13-22(17-25(24)39-31(6,7)27(37)38)34-28-32-20-21(15-16-40(9,10)11)26(35-28)33-23-18-29(2,3)36(8)30(4,5)19-23/h13-14,17,20,23H,12,18-19H2,1-11H3,(H2,32,33,34,35). The molecule has 2 aliphatic rings. The molecule has 1 aromatic carbocycles. The van der Waals surface area contributed by atoms with E-state index in [0.29, 0.717) is 18.2 Å². The summed E-state index contributed by atoms with van der Waals surface area (Å²) in [6.45, 7) is 22.0. The zero-order chi connectivity index (χ0) is 29.7. The number of fused-ring (bicyclic) bond motifs is 1. The molecule has 8 nitrogen and oxygen atoms in total. The van der Waals surface area contributed by atoms with Gasteiger partial charge in [0.05, 0.1) is 17.4 Å². The Morgan fingerprint density at radius 2 is 1.75 bits per heavy atom.